The van der Waals surface area contributed by atoms with Gasteiger partial charge in [-0.3, -0.25) is 0 Å². The molecule has 4 rings (SSSR count). The Labute approximate surface area is 104 Å². The van der Waals surface area contributed by atoms with Crippen LogP contribution in [0.3, 0.4) is 0 Å². The Morgan fingerprint density at radius 2 is 1.06 bits per heavy atom. The number of aromatic nitrogens is 2. The van der Waals surface area contributed by atoms with Gasteiger partial charge in [-0.15, -0.1) is 0 Å². The third-order valence-electron chi connectivity index (χ3n) is 3.44. The van der Waals surface area contributed by atoms with Gasteiger partial charge in [0, 0.05) is 23.4 Å². The first-order valence-electron chi connectivity index (χ1n) is 6.05. The van der Waals surface area contributed by atoms with Crippen molar-refractivity contribution in [2.75, 3.05) is 0 Å². The lowest BCUT2D eigenvalue weighted by molar-refractivity contribution is 1.47. The van der Waals surface area contributed by atoms with E-state index >= 15 is 0 Å². The fourth-order valence-corrected chi connectivity index (χ4v) is 2.47. The zero-order valence-corrected chi connectivity index (χ0v) is 9.77. The Morgan fingerprint density at radius 1 is 0.556 bits per heavy atom. The monoisotopic (exact) mass is 232 g/mol. The number of H-pyrrole nitrogens is 2. The SMILES string of the molecule is c1cc2cc(-c3ccc4[nH]ccc4c3)ccc2[nH]1. The van der Waals surface area contributed by atoms with E-state index in [2.05, 4.69) is 58.5 Å². The number of hydrogen-bond acceptors (Lipinski definition) is 0. The lowest BCUT2D eigenvalue weighted by atomic mass is 10.0. The van der Waals surface area contributed by atoms with Crippen molar-refractivity contribution in [1.29, 1.82) is 0 Å². The molecule has 2 heteroatoms. The Hall–Kier alpha value is -2.48. The molecule has 0 aliphatic rings. The molecule has 0 unspecified atom stereocenters. The normalized spacial score (nSPS) is 11.3. The van der Waals surface area contributed by atoms with Crippen LogP contribution in [0, 0.1) is 0 Å². The maximum Gasteiger partial charge on any atom is 0.0454 e. The van der Waals surface area contributed by atoms with Crippen LogP contribution in [0.25, 0.3) is 32.9 Å². The van der Waals surface area contributed by atoms with Crippen molar-refractivity contribution < 1.29 is 0 Å². The predicted molar refractivity (Wildman–Crippen MR) is 75.6 cm³/mol. The summed E-state index contributed by atoms with van der Waals surface area (Å²) in [6.07, 6.45) is 3.95. The molecular formula is C16H12N2. The summed E-state index contributed by atoms with van der Waals surface area (Å²) >= 11 is 0. The summed E-state index contributed by atoms with van der Waals surface area (Å²) in [4.78, 5) is 6.44. The predicted octanol–water partition coefficient (Wildman–Crippen LogP) is 4.32. The molecule has 86 valence electrons. The number of aromatic amines is 2. The third kappa shape index (κ3) is 1.36. The second kappa shape index (κ2) is 3.50. The van der Waals surface area contributed by atoms with E-state index in [1.807, 2.05) is 12.4 Å². The maximum atomic E-state index is 3.22. The molecule has 0 spiro atoms. The maximum absolute atomic E-state index is 3.22. The van der Waals surface area contributed by atoms with Crippen molar-refractivity contribution in [2.24, 2.45) is 0 Å². The fourth-order valence-electron chi connectivity index (χ4n) is 2.47. The Kier molecular flexibility index (Phi) is 1.86. The van der Waals surface area contributed by atoms with E-state index in [1.54, 1.807) is 0 Å². The molecular weight excluding hydrogens is 220 g/mol. The van der Waals surface area contributed by atoms with Gasteiger partial charge in [0.1, 0.15) is 0 Å². The quantitative estimate of drug-likeness (QED) is 0.490. The molecule has 0 amide bonds. The van der Waals surface area contributed by atoms with E-state index in [0.717, 1.165) is 0 Å². The lowest BCUT2D eigenvalue weighted by Crippen LogP contribution is -1.78. The molecule has 0 atom stereocenters. The summed E-state index contributed by atoms with van der Waals surface area (Å²) in [7, 11) is 0. The smallest absolute Gasteiger partial charge is 0.0454 e. The van der Waals surface area contributed by atoms with Crippen LogP contribution in [0.4, 0.5) is 0 Å². The minimum atomic E-state index is 1.18. The highest BCUT2D eigenvalue weighted by atomic mass is 14.7. The first-order valence-corrected chi connectivity index (χ1v) is 6.05. The minimum Gasteiger partial charge on any atom is -0.361 e. The zero-order valence-electron chi connectivity index (χ0n) is 9.77. The molecule has 2 nitrogen and oxygen atoms in total. The van der Waals surface area contributed by atoms with Crippen molar-refractivity contribution in [3.8, 4) is 11.1 Å². The van der Waals surface area contributed by atoms with E-state index in [4.69, 9.17) is 0 Å². The summed E-state index contributed by atoms with van der Waals surface area (Å²) in [5, 5.41) is 2.50. The van der Waals surface area contributed by atoms with Gasteiger partial charge in [-0.2, -0.15) is 0 Å². The largest absolute Gasteiger partial charge is 0.361 e. The standard InChI is InChI=1S/C16H12N2/c1-3-15-13(5-7-17-15)9-11(1)12-2-4-16-14(10-12)6-8-18-16/h1-10,17-18H. The van der Waals surface area contributed by atoms with Crippen LogP contribution < -0.4 is 0 Å². The van der Waals surface area contributed by atoms with Crippen LogP contribution in [-0.2, 0) is 0 Å². The highest BCUT2D eigenvalue weighted by molar-refractivity contribution is 5.89. The second-order valence-electron chi connectivity index (χ2n) is 4.56. The van der Waals surface area contributed by atoms with Crippen molar-refractivity contribution >= 4 is 21.8 Å². The third-order valence-corrected chi connectivity index (χ3v) is 3.44. The molecule has 0 aliphatic heterocycles. The van der Waals surface area contributed by atoms with Gasteiger partial charge in [0.25, 0.3) is 0 Å². The molecule has 0 saturated heterocycles. The van der Waals surface area contributed by atoms with Gasteiger partial charge in [-0.05, 0) is 58.3 Å². The lowest BCUT2D eigenvalue weighted by Gasteiger charge is -2.02. The van der Waals surface area contributed by atoms with Crippen LogP contribution in [0.15, 0.2) is 60.9 Å². The number of benzene rings is 2. The van der Waals surface area contributed by atoms with Gasteiger partial charge in [0.2, 0.25) is 0 Å². The van der Waals surface area contributed by atoms with Crippen molar-refractivity contribution in [2.45, 2.75) is 0 Å². The topological polar surface area (TPSA) is 31.6 Å². The van der Waals surface area contributed by atoms with Crippen LogP contribution >= 0.6 is 0 Å². The molecule has 2 aromatic carbocycles. The Balaban J connectivity index is 1.93. The number of nitrogens with one attached hydrogen (secondary N) is 2. The zero-order chi connectivity index (χ0) is 11.9. The number of rotatable bonds is 1. The summed E-state index contributed by atoms with van der Waals surface area (Å²) in [6, 6.07) is 17.2. The Morgan fingerprint density at radius 3 is 1.56 bits per heavy atom. The van der Waals surface area contributed by atoms with Gasteiger partial charge in [-0.25, -0.2) is 0 Å². The van der Waals surface area contributed by atoms with Gasteiger partial charge in [0.15, 0.2) is 0 Å². The first-order chi connectivity index (χ1) is 8.90. The highest BCUT2D eigenvalue weighted by Crippen LogP contribution is 2.26. The molecule has 0 radical (unpaired) electrons. The second-order valence-corrected chi connectivity index (χ2v) is 4.56. The summed E-state index contributed by atoms with van der Waals surface area (Å²) in [6.45, 7) is 0. The van der Waals surface area contributed by atoms with E-state index in [-0.39, 0.29) is 0 Å². The fraction of sp³-hybridized carbons (Fsp3) is 0. The average Bonchev–Trinajstić information content (AvgIpc) is 3.05. The van der Waals surface area contributed by atoms with Crippen LogP contribution in [0.2, 0.25) is 0 Å². The minimum absolute atomic E-state index is 1.18. The van der Waals surface area contributed by atoms with Crippen molar-refractivity contribution in [3.05, 3.63) is 60.9 Å². The van der Waals surface area contributed by atoms with Crippen molar-refractivity contribution in [3.63, 3.8) is 0 Å². The van der Waals surface area contributed by atoms with Crippen molar-refractivity contribution in [1.82, 2.24) is 9.97 Å². The molecule has 0 saturated carbocycles. The molecule has 0 fully saturated rings. The van der Waals surface area contributed by atoms with Crippen LogP contribution in [0.1, 0.15) is 0 Å². The molecule has 0 bridgehead atoms. The first kappa shape index (κ1) is 9.54. The molecule has 2 aromatic heterocycles. The molecule has 2 heterocycles. The summed E-state index contributed by atoms with van der Waals surface area (Å²) < 4.78 is 0. The van der Waals surface area contributed by atoms with E-state index < -0.39 is 0 Å². The number of fused-ring (bicyclic) bond motifs is 2. The van der Waals surface area contributed by atoms with Gasteiger partial charge < -0.3 is 9.97 Å². The molecule has 0 aliphatic carbocycles. The highest BCUT2D eigenvalue weighted by Gasteiger charge is 2.02. The van der Waals surface area contributed by atoms with E-state index in [9.17, 15) is 0 Å². The molecule has 18 heavy (non-hydrogen) atoms. The van der Waals surface area contributed by atoms with Crippen LogP contribution in [0.5, 0.6) is 0 Å². The van der Waals surface area contributed by atoms with Gasteiger partial charge in [-0.1, -0.05) is 12.1 Å². The van der Waals surface area contributed by atoms with Crippen LogP contribution in [-0.4, -0.2) is 9.97 Å². The Bertz CT molecular complexity index is 764. The van der Waals surface area contributed by atoms with E-state index in [0.29, 0.717) is 0 Å². The van der Waals surface area contributed by atoms with E-state index in [1.165, 1.54) is 32.9 Å². The summed E-state index contributed by atoms with van der Waals surface area (Å²) in [5.74, 6) is 0. The van der Waals surface area contributed by atoms with Gasteiger partial charge in [0.05, 0.1) is 0 Å². The average molecular weight is 232 g/mol. The molecule has 2 N–H and O–H groups in total. The summed E-state index contributed by atoms with van der Waals surface area (Å²) in [5.41, 5.74) is 4.87. The van der Waals surface area contributed by atoms with Gasteiger partial charge >= 0.3 is 0 Å². The molecule has 4 aromatic rings. The number of hydrogen-bond donors (Lipinski definition) is 2.